The number of aromatic nitrogens is 2. The number of hydrogen-bond donors (Lipinski definition) is 1. The Morgan fingerprint density at radius 1 is 1.00 bits per heavy atom. The van der Waals surface area contributed by atoms with Crippen LogP contribution < -0.4 is 10.1 Å². The minimum absolute atomic E-state index is 0.0295. The van der Waals surface area contributed by atoms with Gasteiger partial charge in [-0.15, -0.1) is 0 Å². The molecule has 2 amide bonds. The number of carbonyl (C=O) groups is 3. The fourth-order valence-electron chi connectivity index (χ4n) is 3.87. The topological polar surface area (TPSA) is 111 Å². The Morgan fingerprint density at radius 3 is 2.46 bits per heavy atom. The van der Waals surface area contributed by atoms with Gasteiger partial charge in [0.1, 0.15) is 11.9 Å². The smallest absolute Gasteiger partial charge is 0.412 e. The minimum atomic E-state index is -0.593. The van der Waals surface area contributed by atoms with Gasteiger partial charge in [0, 0.05) is 49.3 Å². The van der Waals surface area contributed by atoms with Gasteiger partial charge in [0.15, 0.2) is 5.78 Å². The number of anilines is 1. The zero-order chi connectivity index (χ0) is 26.0. The molecule has 9 nitrogen and oxygen atoms in total. The van der Waals surface area contributed by atoms with E-state index in [9.17, 15) is 14.4 Å². The van der Waals surface area contributed by atoms with E-state index in [0.29, 0.717) is 41.6 Å². The average molecular weight is 501 g/mol. The van der Waals surface area contributed by atoms with Crippen molar-refractivity contribution in [3.05, 3.63) is 89.8 Å². The summed E-state index contributed by atoms with van der Waals surface area (Å²) in [6.45, 7) is 3.15. The number of amides is 2. The number of allylic oxidation sites excluding steroid dienone is 1. The lowest BCUT2D eigenvalue weighted by Crippen LogP contribution is -2.41. The number of carbonyl (C=O) groups excluding carboxylic acids is 3. The second-order valence-electron chi connectivity index (χ2n) is 8.35. The summed E-state index contributed by atoms with van der Waals surface area (Å²) in [7, 11) is 0. The summed E-state index contributed by atoms with van der Waals surface area (Å²) in [5.41, 5.74) is 1.49. The van der Waals surface area contributed by atoms with E-state index in [4.69, 9.17) is 9.47 Å². The van der Waals surface area contributed by atoms with E-state index in [1.807, 2.05) is 18.2 Å². The summed E-state index contributed by atoms with van der Waals surface area (Å²) in [5, 5.41) is 2.52. The van der Waals surface area contributed by atoms with Crippen LogP contribution in [0.4, 0.5) is 10.6 Å². The van der Waals surface area contributed by atoms with Crippen LogP contribution in [0.25, 0.3) is 6.08 Å². The number of pyridine rings is 2. The summed E-state index contributed by atoms with van der Waals surface area (Å²) in [6.07, 6.45) is 5.56. The monoisotopic (exact) mass is 500 g/mol. The van der Waals surface area contributed by atoms with Crippen LogP contribution in [0.15, 0.2) is 72.9 Å². The Balaban J connectivity index is 1.30. The quantitative estimate of drug-likeness (QED) is 0.355. The van der Waals surface area contributed by atoms with Gasteiger partial charge in [-0.2, -0.15) is 0 Å². The Kier molecular flexibility index (Phi) is 8.59. The molecule has 190 valence electrons. The van der Waals surface area contributed by atoms with Crippen molar-refractivity contribution < 1.29 is 23.9 Å². The lowest BCUT2D eigenvalue weighted by Gasteiger charge is -2.32. The molecular formula is C28H28N4O5. The molecule has 0 spiro atoms. The standard InChI is InChI=1S/C28H28N4O5/c1-2-36-28(35)31-25-7-5-6-22(30-25)13-14-24(33)20-9-11-21(12-10-20)27(34)32-18-15-23(16-19-32)37-26-8-3-4-17-29-26/h3-14,17,23H,2,15-16,18-19H2,1H3,(H,30,31,35). The van der Waals surface area contributed by atoms with E-state index in [-0.39, 0.29) is 24.4 Å². The molecule has 1 aliphatic heterocycles. The van der Waals surface area contributed by atoms with Crippen LogP contribution in [-0.4, -0.2) is 58.5 Å². The largest absolute Gasteiger partial charge is 0.474 e. The van der Waals surface area contributed by atoms with E-state index in [1.165, 1.54) is 6.08 Å². The highest BCUT2D eigenvalue weighted by molar-refractivity contribution is 6.07. The lowest BCUT2D eigenvalue weighted by molar-refractivity contribution is 0.0587. The Labute approximate surface area is 215 Å². The molecule has 1 aromatic carbocycles. The predicted octanol–water partition coefficient (Wildman–Crippen LogP) is 4.62. The van der Waals surface area contributed by atoms with Crippen LogP contribution >= 0.6 is 0 Å². The van der Waals surface area contributed by atoms with Crippen molar-refractivity contribution in [1.29, 1.82) is 0 Å². The molecule has 9 heteroatoms. The van der Waals surface area contributed by atoms with Crippen molar-refractivity contribution in [2.24, 2.45) is 0 Å². The van der Waals surface area contributed by atoms with E-state index < -0.39 is 6.09 Å². The third kappa shape index (κ3) is 7.23. The lowest BCUT2D eigenvalue weighted by atomic mass is 10.0. The van der Waals surface area contributed by atoms with Crippen LogP contribution in [0.1, 0.15) is 46.2 Å². The van der Waals surface area contributed by atoms with Crippen molar-refractivity contribution in [2.75, 3.05) is 25.0 Å². The van der Waals surface area contributed by atoms with Gasteiger partial charge in [-0.3, -0.25) is 14.9 Å². The fourth-order valence-corrected chi connectivity index (χ4v) is 3.87. The molecule has 0 aliphatic carbocycles. The van der Waals surface area contributed by atoms with Gasteiger partial charge in [-0.25, -0.2) is 14.8 Å². The van der Waals surface area contributed by atoms with Crippen molar-refractivity contribution in [3.8, 4) is 5.88 Å². The Morgan fingerprint density at radius 2 is 1.76 bits per heavy atom. The summed E-state index contributed by atoms with van der Waals surface area (Å²) < 4.78 is 10.7. The highest BCUT2D eigenvalue weighted by atomic mass is 16.5. The van der Waals surface area contributed by atoms with Gasteiger partial charge in [-0.1, -0.05) is 24.3 Å². The summed E-state index contributed by atoms with van der Waals surface area (Å²) in [4.78, 5) is 47.4. The van der Waals surface area contributed by atoms with Crippen molar-refractivity contribution in [2.45, 2.75) is 25.9 Å². The summed E-state index contributed by atoms with van der Waals surface area (Å²) in [6, 6.07) is 17.2. The third-order valence-electron chi connectivity index (χ3n) is 5.75. The maximum atomic E-state index is 12.9. The molecule has 0 radical (unpaired) electrons. The molecule has 0 atom stereocenters. The maximum Gasteiger partial charge on any atom is 0.412 e. The van der Waals surface area contributed by atoms with Crippen molar-refractivity contribution in [3.63, 3.8) is 0 Å². The number of hydrogen-bond acceptors (Lipinski definition) is 7. The van der Waals surface area contributed by atoms with Gasteiger partial charge in [0.05, 0.1) is 12.3 Å². The van der Waals surface area contributed by atoms with Crippen LogP contribution in [0.2, 0.25) is 0 Å². The van der Waals surface area contributed by atoms with Crippen LogP contribution in [0, 0.1) is 0 Å². The Bertz CT molecular complexity index is 1250. The highest BCUT2D eigenvalue weighted by Gasteiger charge is 2.25. The van der Waals surface area contributed by atoms with E-state index >= 15 is 0 Å². The van der Waals surface area contributed by atoms with Gasteiger partial charge in [0.2, 0.25) is 5.88 Å². The zero-order valence-electron chi connectivity index (χ0n) is 20.5. The first kappa shape index (κ1) is 25.6. The van der Waals surface area contributed by atoms with Gasteiger partial charge >= 0.3 is 6.09 Å². The number of likely N-dealkylation sites (tertiary alicyclic amines) is 1. The molecule has 3 aromatic rings. The minimum Gasteiger partial charge on any atom is -0.474 e. The molecule has 1 saturated heterocycles. The Hall–Kier alpha value is -4.53. The number of nitrogens with one attached hydrogen (secondary N) is 1. The first-order valence-electron chi connectivity index (χ1n) is 12.1. The molecule has 1 fully saturated rings. The van der Waals surface area contributed by atoms with Crippen molar-refractivity contribution in [1.82, 2.24) is 14.9 Å². The predicted molar refractivity (Wildman–Crippen MR) is 138 cm³/mol. The number of nitrogens with zero attached hydrogens (tertiary/aromatic N) is 3. The van der Waals surface area contributed by atoms with E-state index in [2.05, 4.69) is 15.3 Å². The first-order chi connectivity index (χ1) is 18.0. The first-order valence-corrected chi connectivity index (χ1v) is 12.1. The second-order valence-corrected chi connectivity index (χ2v) is 8.35. The number of piperidine rings is 1. The van der Waals surface area contributed by atoms with Gasteiger partial charge in [-0.05, 0) is 49.4 Å². The molecule has 0 unspecified atom stereocenters. The van der Waals surface area contributed by atoms with Crippen LogP contribution in [0.5, 0.6) is 5.88 Å². The molecule has 2 aromatic heterocycles. The van der Waals surface area contributed by atoms with Gasteiger partial charge < -0.3 is 14.4 Å². The molecule has 1 N–H and O–H groups in total. The summed E-state index contributed by atoms with van der Waals surface area (Å²) >= 11 is 0. The van der Waals surface area contributed by atoms with Crippen LogP contribution in [-0.2, 0) is 4.74 Å². The van der Waals surface area contributed by atoms with Crippen molar-refractivity contribution >= 4 is 29.7 Å². The molecular weight excluding hydrogens is 472 g/mol. The summed E-state index contributed by atoms with van der Waals surface area (Å²) in [5.74, 6) is 0.625. The number of rotatable bonds is 8. The van der Waals surface area contributed by atoms with E-state index in [1.54, 1.807) is 66.6 Å². The molecule has 1 aliphatic rings. The zero-order valence-corrected chi connectivity index (χ0v) is 20.5. The number of benzene rings is 1. The molecule has 0 saturated carbocycles. The molecule has 0 bridgehead atoms. The number of ether oxygens (including phenoxy) is 2. The molecule has 37 heavy (non-hydrogen) atoms. The highest BCUT2D eigenvalue weighted by Crippen LogP contribution is 2.19. The van der Waals surface area contributed by atoms with Crippen LogP contribution in [0.3, 0.4) is 0 Å². The van der Waals surface area contributed by atoms with E-state index in [0.717, 1.165) is 12.8 Å². The normalized spacial score (nSPS) is 13.8. The van der Waals surface area contributed by atoms with Gasteiger partial charge in [0.25, 0.3) is 5.91 Å². The number of ketones is 1. The average Bonchev–Trinajstić information content (AvgIpc) is 2.93. The molecule has 4 rings (SSSR count). The fraction of sp³-hybridized carbons (Fsp3) is 0.250. The maximum absolute atomic E-state index is 12.9. The second kappa shape index (κ2) is 12.4. The molecule has 3 heterocycles. The SMILES string of the molecule is CCOC(=O)Nc1cccc(C=CC(=O)c2ccc(C(=O)N3CCC(Oc4ccccn4)CC3)cc2)n1. The third-order valence-corrected chi connectivity index (χ3v) is 5.75.